The third-order valence-electron chi connectivity index (χ3n) is 4.20. The fourth-order valence-corrected chi connectivity index (χ4v) is 3.58. The quantitative estimate of drug-likeness (QED) is 0.709. The van der Waals surface area contributed by atoms with Crippen molar-refractivity contribution in [2.24, 2.45) is 11.7 Å². The van der Waals surface area contributed by atoms with Crippen molar-refractivity contribution in [3.8, 4) is 0 Å². The first-order valence-electron chi connectivity index (χ1n) is 6.96. The van der Waals surface area contributed by atoms with E-state index in [4.69, 9.17) is 10.5 Å². The van der Waals surface area contributed by atoms with Crippen LogP contribution in [0.4, 0.5) is 0 Å². The summed E-state index contributed by atoms with van der Waals surface area (Å²) in [6.07, 6.45) is 8.34. The molecule has 1 aliphatic carbocycles. The van der Waals surface area contributed by atoms with Crippen LogP contribution in [0.5, 0.6) is 0 Å². The summed E-state index contributed by atoms with van der Waals surface area (Å²) >= 11 is 0. The van der Waals surface area contributed by atoms with E-state index in [2.05, 4.69) is 33.8 Å². The normalized spacial score (nSPS) is 36.4. The Balaban J connectivity index is 2.21. The highest BCUT2D eigenvalue weighted by Crippen LogP contribution is 2.47. The zero-order valence-corrected chi connectivity index (χ0v) is 11.8. The van der Waals surface area contributed by atoms with Crippen LogP contribution < -0.4 is 5.73 Å². The van der Waals surface area contributed by atoms with Crippen LogP contribution in [0.2, 0.25) is 0 Å². The first-order valence-corrected chi connectivity index (χ1v) is 6.96. The van der Waals surface area contributed by atoms with Crippen LogP contribution in [0.15, 0.2) is 11.6 Å². The molecule has 98 valence electrons. The lowest BCUT2D eigenvalue weighted by Gasteiger charge is -2.29. The largest absolute Gasteiger partial charge is 0.369 e. The zero-order valence-electron chi connectivity index (χ0n) is 11.8. The van der Waals surface area contributed by atoms with Crippen molar-refractivity contribution < 1.29 is 4.74 Å². The highest BCUT2D eigenvalue weighted by molar-refractivity contribution is 5.19. The SMILES string of the molecule is CC1(C)CC(C2=CC(N)CCCC2)C(C)(C)O1. The molecular formula is C15H27NO. The summed E-state index contributed by atoms with van der Waals surface area (Å²) < 4.78 is 6.20. The van der Waals surface area contributed by atoms with Crippen LogP contribution in [-0.2, 0) is 4.74 Å². The number of nitrogens with two attached hydrogens (primary N) is 1. The molecule has 0 radical (unpaired) electrons. The van der Waals surface area contributed by atoms with Gasteiger partial charge in [0.15, 0.2) is 0 Å². The van der Waals surface area contributed by atoms with Gasteiger partial charge >= 0.3 is 0 Å². The van der Waals surface area contributed by atoms with Gasteiger partial charge in [0.1, 0.15) is 0 Å². The molecular weight excluding hydrogens is 210 g/mol. The van der Waals surface area contributed by atoms with Crippen LogP contribution >= 0.6 is 0 Å². The van der Waals surface area contributed by atoms with Crippen molar-refractivity contribution in [2.75, 3.05) is 0 Å². The molecule has 0 bridgehead atoms. The maximum atomic E-state index is 6.20. The predicted octanol–water partition coefficient (Wildman–Crippen LogP) is 3.41. The van der Waals surface area contributed by atoms with Crippen molar-refractivity contribution in [1.29, 1.82) is 0 Å². The molecule has 0 saturated carbocycles. The first-order chi connectivity index (χ1) is 7.80. The fourth-order valence-electron chi connectivity index (χ4n) is 3.58. The molecule has 1 aliphatic heterocycles. The minimum absolute atomic E-state index is 0.00536. The molecule has 1 fully saturated rings. The van der Waals surface area contributed by atoms with Gasteiger partial charge < -0.3 is 10.5 Å². The molecule has 0 spiro atoms. The molecule has 0 aromatic rings. The summed E-state index contributed by atoms with van der Waals surface area (Å²) in [7, 11) is 0. The Morgan fingerprint density at radius 1 is 1.24 bits per heavy atom. The molecule has 2 nitrogen and oxygen atoms in total. The van der Waals surface area contributed by atoms with E-state index in [0.717, 1.165) is 12.8 Å². The maximum Gasteiger partial charge on any atom is 0.0699 e. The third-order valence-corrected chi connectivity index (χ3v) is 4.20. The lowest BCUT2D eigenvalue weighted by Crippen LogP contribution is -2.30. The molecule has 1 saturated heterocycles. The van der Waals surface area contributed by atoms with Crippen LogP contribution in [0.3, 0.4) is 0 Å². The first kappa shape index (κ1) is 13.1. The van der Waals surface area contributed by atoms with Gasteiger partial charge in [0.2, 0.25) is 0 Å². The van der Waals surface area contributed by atoms with Crippen molar-refractivity contribution in [1.82, 2.24) is 0 Å². The minimum atomic E-state index is -0.0423. The highest BCUT2D eigenvalue weighted by Gasteiger charge is 2.47. The molecule has 2 aliphatic rings. The molecule has 2 heteroatoms. The van der Waals surface area contributed by atoms with Crippen LogP contribution in [-0.4, -0.2) is 17.2 Å². The zero-order chi connectivity index (χ0) is 12.7. The Morgan fingerprint density at radius 2 is 1.94 bits per heavy atom. The maximum absolute atomic E-state index is 6.20. The van der Waals surface area contributed by atoms with Gasteiger partial charge in [-0.3, -0.25) is 0 Å². The second-order valence-electron chi connectivity index (χ2n) is 6.87. The molecule has 0 amide bonds. The summed E-state index contributed by atoms with van der Waals surface area (Å²) in [5, 5.41) is 0. The summed E-state index contributed by atoms with van der Waals surface area (Å²) in [6, 6.07) is 0.256. The molecule has 17 heavy (non-hydrogen) atoms. The van der Waals surface area contributed by atoms with Gasteiger partial charge in [-0.1, -0.05) is 18.1 Å². The van der Waals surface area contributed by atoms with E-state index in [1.54, 1.807) is 5.57 Å². The average Bonchev–Trinajstić information content (AvgIpc) is 2.36. The molecule has 2 atom stereocenters. The topological polar surface area (TPSA) is 35.2 Å². The number of hydrogen-bond donors (Lipinski definition) is 1. The smallest absolute Gasteiger partial charge is 0.0699 e. The van der Waals surface area contributed by atoms with Crippen LogP contribution in [0.25, 0.3) is 0 Å². The second kappa shape index (κ2) is 4.40. The van der Waals surface area contributed by atoms with Crippen molar-refractivity contribution >= 4 is 0 Å². The van der Waals surface area contributed by atoms with E-state index in [-0.39, 0.29) is 17.2 Å². The van der Waals surface area contributed by atoms with Crippen LogP contribution in [0.1, 0.15) is 59.8 Å². The molecule has 1 heterocycles. The van der Waals surface area contributed by atoms with Gasteiger partial charge in [0, 0.05) is 12.0 Å². The number of rotatable bonds is 1. The van der Waals surface area contributed by atoms with E-state index in [1.807, 2.05) is 0 Å². The van der Waals surface area contributed by atoms with Crippen molar-refractivity contribution in [2.45, 2.75) is 77.0 Å². The lowest BCUT2D eigenvalue weighted by molar-refractivity contribution is -0.0716. The molecule has 0 aromatic heterocycles. The summed E-state index contributed by atoms with van der Waals surface area (Å²) in [5.41, 5.74) is 7.64. The lowest BCUT2D eigenvalue weighted by atomic mass is 9.79. The summed E-state index contributed by atoms with van der Waals surface area (Å²) in [6.45, 7) is 8.85. The number of ether oxygens (including phenoxy) is 1. The van der Waals surface area contributed by atoms with E-state index in [1.165, 1.54) is 19.3 Å². The highest BCUT2D eigenvalue weighted by atomic mass is 16.5. The Labute approximate surface area is 106 Å². The van der Waals surface area contributed by atoms with Gasteiger partial charge in [-0.05, 0) is 53.4 Å². The Hall–Kier alpha value is -0.340. The van der Waals surface area contributed by atoms with Crippen LogP contribution in [0, 0.1) is 5.92 Å². The Kier molecular flexibility index (Phi) is 3.39. The van der Waals surface area contributed by atoms with E-state index in [9.17, 15) is 0 Å². The van der Waals surface area contributed by atoms with E-state index >= 15 is 0 Å². The Bertz CT molecular complexity index is 317. The van der Waals surface area contributed by atoms with E-state index in [0.29, 0.717) is 5.92 Å². The standard InChI is InChI=1S/C15H27NO/c1-14(2)10-13(15(3,4)17-14)11-7-5-6-8-12(16)9-11/h9,12-13H,5-8,10,16H2,1-4H3. The molecule has 2 rings (SSSR count). The predicted molar refractivity (Wildman–Crippen MR) is 71.9 cm³/mol. The fraction of sp³-hybridized carbons (Fsp3) is 0.867. The van der Waals surface area contributed by atoms with Gasteiger partial charge in [-0.25, -0.2) is 0 Å². The van der Waals surface area contributed by atoms with Gasteiger partial charge in [-0.15, -0.1) is 0 Å². The third kappa shape index (κ3) is 2.92. The van der Waals surface area contributed by atoms with Crippen molar-refractivity contribution in [3.63, 3.8) is 0 Å². The monoisotopic (exact) mass is 237 g/mol. The average molecular weight is 237 g/mol. The van der Waals surface area contributed by atoms with Gasteiger partial charge in [0.25, 0.3) is 0 Å². The van der Waals surface area contributed by atoms with Crippen molar-refractivity contribution in [3.05, 3.63) is 11.6 Å². The molecule has 2 unspecified atom stereocenters. The van der Waals surface area contributed by atoms with Gasteiger partial charge in [-0.2, -0.15) is 0 Å². The Morgan fingerprint density at radius 3 is 2.53 bits per heavy atom. The number of hydrogen-bond acceptors (Lipinski definition) is 2. The minimum Gasteiger partial charge on any atom is -0.369 e. The molecule has 0 aromatic carbocycles. The second-order valence-corrected chi connectivity index (χ2v) is 6.87. The van der Waals surface area contributed by atoms with Gasteiger partial charge in [0.05, 0.1) is 11.2 Å². The van der Waals surface area contributed by atoms with E-state index < -0.39 is 0 Å². The molecule has 2 N–H and O–H groups in total. The summed E-state index contributed by atoms with van der Waals surface area (Å²) in [5.74, 6) is 0.543. The summed E-state index contributed by atoms with van der Waals surface area (Å²) in [4.78, 5) is 0.